The molecule has 1 N–H and O–H groups in total. The predicted molar refractivity (Wildman–Crippen MR) is 118 cm³/mol. The highest BCUT2D eigenvalue weighted by atomic mass is 16.6. The molecule has 4 rings (SSSR count). The quantitative estimate of drug-likeness (QED) is 0.369. The Balaban J connectivity index is 1.73. The van der Waals surface area contributed by atoms with Gasteiger partial charge in [0.2, 0.25) is 5.75 Å². The van der Waals surface area contributed by atoms with Gasteiger partial charge in [-0.3, -0.25) is 14.9 Å². The summed E-state index contributed by atoms with van der Waals surface area (Å²) < 4.78 is 5.31. The molecule has 1 amide bonds. The lowest BCUT2D eigenvalue weighted by atomic mass is 10.1. The second kappa shape index (κ2) is 7.91. The highest BCUT2D eigenvalue weighted by molar-refractivity contribution is 6.32. The van der Waals surface area contributed by atoms with Crippen molar-refractivity contribution in [3.8, 4) is 11.5 Å². The number of hydrogen-bond donors (Lipinski definition) is 1. The minimum Gasteiger partial charge on any atom is -0.500 e. The number of rotatable bonds is 5. The first-order chi connectivity index (χ1) is 14.9. The van der Waals surface area contributed by atoms with Gasteiger partial charge < -0.3 is 9.84 Å². The zero-order valence-corrected chi connectivity index (χ0v) is 16.9. The Morgan fingerprint density at radius 3 is 2.61 bits per heavy atom. The van der Waals surface area contributed by atoms with Gasteiger partial charge in [-0.15, -0.1) is 0 Å². The van der Waals surface area contributed by atoms with Crippen LogP contribution in [0, 0.1) is 10.1 Å². The van der Waals surface area contributed by atoms with Crippen molar-refractivity contribution in [1.82, 2.24) is 0 Å². The van der Waals surface area contributed by atoms with Gasteiger partial charge in [0.25, 0.3) is 5.91 Å². The molecule has 0 saturated heterocycles. The van der Waals surface area contributed by atoms with Crippen LogP contribution < -0.4 is 9.75 Å². The van der Waals surface area contributed by atoms with E-state index in [0.29, 0.717) is 22.5 Å². The van der Waals surface area contributed by atoms with Gasteiger partial charge in [0.1, 0.15) is 0 Å². The Bertz CT molecular complexity index is 1280. The fraction of sp³-hybridized carbons (Fsp3) is 0.130. The number of nitrogens with zero attached hydrogens (tertiary/aromatic N) is 3. The Hall–Kier alpha value is -4.20. The highest BCUT2D eigenvalue weighted by Gasteiger charge is 2.29. The van der Waals surface area contributed by atoms with Crippen LogP contribution in [0.3, 0.4) is 0 Å². The molecule has 1 heterocycles. The predicted octanol–water partition coefficient (Wildman–Crippen LogP) is 4.66. The van der Waals surface area contributed by atoms with Gasteiger partial charge in [-0.25, -0.2) is 0 Å². The number of hydrogen-bond acceptors (Lipinski definition) is 6. The van der Waals surface area contributed by atoms with Crippen LogP contribution in [0.4, 0.5) is 11.4 Å². The number of nitro groups is 1. The molecule has 3 aromatic rings. The monoisotopic (exact) mass is 417 g/mol. The zero-order valence-electron chi connectivity index (χ0n) is 16.9. The van der Waals surface area contributed by atoms with E-state index >= 15 is 0 Å². The number of carbonyl (C=O) groups is 1. The zero-order chi connectivity index (χ0) is 22.1. The molecule has 8 nitrogen and oxygen atoms in total. The van der Waals surface area contributed by atoms with Crippen molar-refractivity contribution < 1.29 is 19.6 Å². The smallest absolute Gasteiger partial charge is 0.315 e. The lowest BCUT2D eigenvalue weighted by molar-refractivity contribution is -0.386. The van der Waals surface area contributed by atoms with Gasteiger partial charge in [0, 0.05) is 6.07 Å². The maximum atomic E-state index is 13.1. The summed E-state index contributed by atoms with van der Waals surface area (Å²) in [4.78, 5) is 23.7. The van der Waals surface area contributed by atoms with Crippen LogP contribution in [0.25, 0.3) is 16.8 Å². The maximum absolute atomic E-state index is 13.1. The molecule has 1 aliphatic heterocycles. The van der Waals surface area contributed by atoms with Crippen LogP contribution in [0.15, 0.2) is 65.3 Å². The fourth-order valence-corrected chi connectivity index (χ4v) is 3.44. The number of carbonyl (C=O) groups excluding carboxylic acids is 1. The number of fused-ring (bicyclic) bond motifs is 1. The number of phenols is 1. The summed E-state index contributed by atoms with van der Waals surface area (Å²) in [6.07, 6.45) is 1.51. The first kappa shape index (κ1) is 20.1. The second-order valence-electron chi connectivity index (χ2n) is 6.97. The number of amides is 1. The summed E-state index contributed by atoms with van der Waals surface area (Å²) >= 11 is 0. The van der Waals surface area contributed by atoms with E-state index in [4.69, 9.17) is 4.74 Å². The van der Waals surface area contributed by atoms with Gasteiger partial charge in [0.05, 0.1) is 28.5 Å². The standard InChI is InChI=1S/C23H19N3O5/c1-3-31-21-12-15(11-20(22(21)27)26(29)30)10-19-14(2)24-25(23(19)28)18-9-8-16-6-4-5-7-17(16)13-18/h4-13,27H,3H2,1-2H3/b19-10+. The molecule has 31 heavy (non-hydrogen) atoms. The molecular weight excluding hydrogens is 398 g/mol. The SMILES string of the molecule is CCOc1cc(/C=C2/C(=O)N(c3ccc4ccccc4c3)N=C2C)cc([N+](=O)[O-])c1O. The maximum Gasteiger partial charge on any atom is 0.315 e. The summed E-state index contributed by atoms with van der Waals surface area (Å²) in [5.41, 5.74) is 1.26. The van der Waals surface area contributed by atoms with Crippen LogP contribution >= 0.6 is 0 Å². The molecule has 8 heteroatoms. The largest absolute Gasteiger partial charge is 0.500 e. The van der Waals surface area contributed by atoms with Gasteiger partial charge in [0.15, 0.2) is 5.75 Å². The van der Waals surface area contributed by atoms with E-state index in [1.165, 1.54) is 23.2 Å². The van der Waals surface area contributed by atoms with Crippen molar-refractivity contribution in [2.75, 3.05) is 11.6 Å². The number of hydrazone groups is 1. The van der Waals surface area contributed by atoms with Crippen LogP contribution in [-0.2, 0) is 4.79 Å². The minimum atomic E-state index is -0.696. The van der Waals surface area contributed by atoms with E-state index < -0.39 is 16.4 Å². The molecule has 1 aliphatic rings. The Labute approximate surface area is 177 Å². The van der Waals surface area contributed by atoms with Crippen molar-refractivity contribution in [1.29, 1.82) is 0 Å². The normalized spacial score (nSPS) is 14.9. The molecule has 0 saturated carbocycles. The van der Waals surface area contributed by atoms with Crippen LogP contribution in [0.1, 0.15) is 19.4 Å². The third-order valence-corrected chi connectivity index (χ3v) is 4.92. The molecule has 0 unspecified atom stereocenters. The molecule has 0 bridgehead atoms. The average Bonchev–Trinajstić information content (AvgIpc) is 3.03. The first-order valence-corrected chi connectivity index (χ1v) is 9.63. The number of anilines is 1. The Morgan fingerprint density at radius 1 is 1.16 bits per heavy atom. The topological polar surface area (TPSA) is 105 Å². The molecule has 3 aromatic carbocycles. The van der Waals surface area contributed by atoms with Gasteiger partial charge >= 0.3 is 5.69 Å². The number of benzene rings is 3. The van der Waals surface area contributed by atoms with Gasteiger partial charge in [-0.2, -0.15) is 10.1 Å². The summed E-state index contributed by atoms with van der Waals surface area (Å²) in [6.45, 7) is 3.62. The number of ether oxygens (including phenoxy) is 1. The summed E-state index contributed by atoms with van der Waals surface area (Å²) in [5.74, 6) is -0.911. The molecule has 0 atom stereocenters. The molecular formula is C23H19N3O5. The highest BCUT2D eigenvalue weighted by Crippen LogP contribution is 2.38. The summed E-state index contributed by atoms with van der Waals surface area (Å²) in [7, 11) is 0. The molecule has 0 fully saturated rings. The summed E-state index contributed by atoms with van der Waals surface area (Å²) in [6, 6.07) is 16.1. The minimum absolute atomic E-state index is 0.0185. The number of nitro benzene ring substituents is 1. The lowest BCUT2D eigenvalue weighted by Gasteiger charge is -2.12. The number of aromatic hydroxyl groups is 1. The van der Waals surface area contributed by atoms with Crippen molar-refractivity contribution >= 4 is 39.8 Å². The number of phenolic OH excluding ortho intramolecular Hbond substituents is 1. The van der Waals surface area contributed by atoms with Crippen LogP contribution in [0.5, 0.6) is 11.5 Å². The van der Waals surface area contributed by atoms with Crippen molar-refractivity contribution in [2.45, 2.75) is 13.8 Å². The average molecular weight is 417 g/mol. The second-order valence-corrected chi connectivity index (χ2v) is 6.97. The lowest BCUT2D eigenvalue weighted by Crippen LogP contribution is -2.21. The fourth-order valence-electron chi connectivity index (χ4n) is 3.44. The molecule has 0 radical (unpaired) electrons. The van der Waals surface area contributed by atoms with E-state index in [2.05, 4.69) is 5.10 Å². The molecule has 0 spiro atoms. The van der Waals surface area contributed by atoms with Crippen LogP contribution in [0.2, 0.25) is 0 Å². The van der Waals surface area contributed by atoms with E-state index in [1.54, 1.807) is 13.8 Å². The van der Waals surface area contributed by atoms with E-state index in [-0.39, 0.29) is 18.3 Å². The molecule has 0 aliphatic carbocycles. The van der Waals surface area contributed by atoms with E-state index in [0.717, 1.165) is 10.8 Å². The van der Waals surface area contributed by atoms with Gasteiger partial charge in [-0.1, -0.05) is 30.3 Å². The molecule has 0 aromatic heterocycles. The third kappa shape index (κ3) is 3.71. The van der Waals surface area contributed by atoms with Crippen molar-refractivity contribution in [3.05, 3.63) is 75.8 Å². The molecule has 156 valence electrons. The Morgan fingerprint density at radius 2 is 1.90 bits per heavy atom. The van der Waals surface area contributed by atoms with Crippen LogP contribution in [-0.4, -0.2) is 28.3 Å². The summed E-state index contributed by atoms with van der Waals surface area (Å²) in [5, 5.41) is 29.1. The first-order valence-electron chi connectivity index (χ1n) is 9.63. The third-order valence-electron chi connectivity index (χ3n) is 4.92. The van der Waals surface area contributed by atoms with Crippen molar-refractivity contribution in [2.24, 2.45) is 5.10 Å². The Kier molecular flexibility index (Phi) is 5.12. The van der Waals surface area contributed by atoms with Gasteiger partial charge in [-0.05, 0) is 54.5 Å². The van der Waals surface area contributed by atoms with Crippen molar-refractivity contribution in [3.63, 3.8) is 0 Å². The van der Waals surface area contributed by atoms with E-state index in [9.17, 15) is 20.0 Å². The van der Waals surface area contributed by atoms with E-state index in [1.807, 2.05) is 42.5 Å².